The molecule has 0 aliphatic heterocycles. The van der Waals surface area contributed by atoms with Crippen molar-refractivity contribution < 1.29 is 4.42 Å². The monoisotopic (exact) mass is 631 g/mol. The lowest BCUT2D eigenvalue weighted by Crippen LogP contribution is -2.00. The zero-order valence-corrected chi connectivity index (χ0v) is 26.5. The van der Waals surface area contributed by atoms with Crippen molar-refractivity contribution in [3.63, 3.8) is 0 Å². The highest BCUT2D eigenvalue weighted by molar-refractivity contribution is 6.15. The maximum atomic E-state index is 6.69. The van der Waals surface area contributed by atoms with Crippen LogP contribution < -0.4 is 0 Å². The van der Waals surface area contributed by atoms with E-state index in [2.05, 4.69) is 48.6 Å². The Morgan fingerprint density at radius 1 is 0.469 bits per heavy atom. The molecule has 0 unspecified atom stereocenters. The number of hydrogen-bond donors (Lipinski definition) is 0. The first-order chi connectivity index (χ1) is 24.3. The van der Waals surface area contributed by atoms with E-state index in [0.29, 0.717) is 28.9 Å². The van der Waals surface area contributed by atoms with Gasteiger partial charge < -0.3 is 4.42 Å². The van der Waals surface area contributed by atoms with E-state index in [1.54, 1.807) is 0 Å². The molecule has 5 aromatic carbocycles. The maximum Gasteiger partial charge on any atom is 0.167 e. The van der Waals surface area contributed by atoms with Crippen molar-refractivity contribution in [2.45, 2.75) is 12.8 Å². The second kappa shape index (κ2) is 12.2. The van der Waals surface area contributed by atoms with Crippen LogP contribution in [0.1, 0.15) is 18.7 Å². The first-order valence-corrected chi connectivity index (χ1v) is 16.4. The van der Waals surface area contributed by atoms with E-state index < -0.39 is 0 Å². The van der Waals surface area contributed by atoms with Crippen LogP contribution in [0, 0.1) is 0 Å². The van der Waals surface area contributed by atoms with E-state index in [0.717, 1.165) is 74.0 Å². The second-order valence-electron chi connectivity index (χ2n) is 12.0. The molecule has 0 atom stereocenters. The average molecular weight is 632 g/mol. The summed E-state index contributed by atoms with van der Waals surface area (Å²) in [5.41, 5.74) is 8.86. The summed E-state index contributed by atoms with van der Waals surface area (Å²) in [6.45, 7) is 0. The highest BCUT2D eigenvalue weighted by Gasteiger charge is 2.21. The highest BCUT2D eigenvalue weighted by Crippen LogP contribution is 2.41. The summed E-state index contributed by atoms with van der Waals surface area (Å²) >= 11 is 0. The molecule has 0 radical (unpaired) electrons. The molecular formula is C43H29N5O. The van der Waals surface area contributed by atoms with E-state index in [1.807, 2.05) is 103 Å². The molecule has 6 heteroatoms. The van der Waals surface area contributed by atoms with Gasteiger partial charge in [-0.2, -0.15) is 0 Å². The molecule has 6 nitrogen and oxygen atoms in total. The van der Waals surface area contributed by atoms with Gasteiger partial charge in [0.1, 0.15) is 11.2 Å². The van der Waals surface area contributed by atoms with Crippen LogP contribution in [0.5, 0.6) is 0 Å². The molecular weight excluding hydrogens is 603 g/mol. The van der Waals surface area contributed by atoms with Crippen molar-refractivity contribution in [2.75, 3.05) is 0 Å². The molecule has 49 heavy (non-hydrogen) atoms. The summed E-state index contributed by atoms with van der Waals surface area (Å²) in [5.74, 6) is 2.47. The van der Waals surface area contributed by atoms with Gasteiger partial charge in [0.25, 0.3) is 0 Å². The van der Waals surface area contributed by atoms with Crippen molar-refractivity contribution in [1.29, 1.82) is 0 Å². The molecule has 8 aromatic rings. The van der Waals surface area contributed by atoms with Gasteiger partial charge in [-0.3, -0.25) is 0 Å². The number of aromatic nitrogens is 5. The minimum atomic E-state index is 0.547. The number of para-hydroxylation sites is 1. The molecule has 3 heterocycles. The zero-order chi connectivity index (χ0) is 32.6. The summed E-state index contributed by atoms with van der Waals surface area (Å²) in [6, 6.07) is 44.6. The fourth-order valence-corrected chi connectivity index (χ4v) is 6.42. The highest BCUT2D eigenvalue weighted by atomic mass is 16.3. The Hall–Kier alpha value is -6.53. The summed E-state index contributed by atoms with van der Waals surface area (Å²) in [7, 11) is 0. The quantitative estimate of drug-likeness (QED) is 0.182. The topological polar surface area (TPSA) is 77.6 Å². The summed E-state index contributed by atoms with van der Waals surface area (Å²) in [6.07, 6.45) is 8.53. The maximum absolute atomic E-state index is 6.69. The van der Waals surface area contributed by atoms with E-state index in [-0.39, 0.29) is 0 Å². The normalized spacial score (nSPS) is 12.8. The van der Waals surface area contributed by atoms with Crippen LogP contribution in [0.4, 0.5) is 0 Å². The zero-order valence-electron chi connectivity index (χ0n) is 26.5. The fourth-order valence-electron chi connectivity index (χ4n) is 6.42. The van der Waals surface area contributed by atoms with Gasteiger partial charge in [0.2, 0.25) is 0 Å². The first-order valence-electron chi connectivity index (χ1n) is 16.4. The van der Waals surface area contributed by atoms with Crippen molar-refractivity contribution in [3.8, 4) is 56.7 Å². The van der Waals surface area contributed by atoms with Crippen molar-refractivity contribution in [1.82, 2.24) is 24.9 Å². The number of fused-ring (bicyclic) bond motifs is 3. The average Bonchev–Trinajstić information content (AvgIpc) is 3.58. The van der Waals surface area contributed by atoms with Gasteiger partial charge in [-0.25, -0.2) is 24.9 Å². The minimum absolute atomic E-state index is 0.547. The Morgan fingerprint density at radius 3 is 1.76 bits per heavy atom. The van der Waals surface area contributed by atoms with Gasteiger partial charge in [-0.1, -0.05) is 133 Å². The summed E-state index contributed by atoms with van der Waals surface area (Å²) < 4.78 is 6.69. The molecule has 9 rings (SSSR count). The molecule has 0 bridgehead atoms. The molecule has 0 spiro atoms. The molecule has 0 amide bonds. The second-order valence-corrected chi connectivity index (χ2v) is 12.0. The largest absolute Gasteiger partial charge is 0.455 e. The van der Waals surface area contributed by atoms with Gasteiger partial charge in [0.15, 0.2) is 23.3 Å². The molecule has 1 aliphatic rings. The number of allylic oxidation sites excluding steroid dienone is 4. The molecule has 3 aromatic heterocycles. The lowest BCUT2D eigenvalue weighted by molar-refractivity contribution is 0.669. The smallest absolute Gasteiger partial charge is 0.167 e. The third-order valence-corrected chi connectivity index (χ3v) is 8.79. The predicted octanol–water partition coefficient (Wildman–Crippen LogP) is 10.6. The van der Waals surface area contributed by atoms with Crippen molar-refractivity contribution in [2.24, 2.45) is 0 Å². The minimum Gasteiger partial charge on any atom is -0.455 e. The number of hydrogen-bond acceptors (Lipinski definition) is 6. The third-order valence-electron chi connectivity index (χ3n) is 8.79. The third kappa shape index (κ3) is 5.39. The van der Waals surface area contributed by atoms with E-state index in [9.17, 15) is 0 Å². The lowest BCUT2D eigenvalue weighted by atomic mass is 10.00. The Kier molecular flexibility index (Phi) is 7.17. The van der Waals surface area contributed by atoms with E-state index in [1.165, 1.54) is 0 Å². The Balaban J connectivity index is 1.25. The lowest BCUT2D eigenvalue weighted by Gasteiger charge is -2.12. The molecule has 0 N–H and O–H groups in total. The van der Waals surface area contributed by atoms with Crippen molar-refractivity contribution in [3.05, 3.63) is 158 Å². The van der Waals surface area contributed by atoms with E-state index >= 15 is 0 Å². The summed E-state index contributed by atoms with van der Waals surface area (Å²) in [5, 5.41) is 1.95. The Labute approximate surface area is 283 Å². The van der Waals surface area contributed by atoms with E-state index in [4.69, 9.17) is 29.3 Å². The standard InChI is InChI=1S/C43H29N5O/c1-5-15-28(16-6-1)35-27-36(45-40(44-35)29-17-7-2-8-18-29)32-23-14-26-37-38(32)33-24-13-25-34(39(33)49-37)43-47-41(30-19-9-3-10-20-30)46-42(48-43)31-21-11-4-12-22-31/h1,3-7,9-27H,2,8H2. The molecule has 232 valence electrons. The number of benzene rings is 5. The van der Waals surface area contributed by atoms with Crippen LogP contribution >= 0.6 is 0 Å². The molecule has 0 saturated heterocycles. The fraction of sp³-hybridized carbons (Fsp3) is 0.0465. The van der Waals surface area contributed by atoms with Gasteiger partial charge >= 0.3 is 0 Å². The predicted molar refractivity (Wildman–Crippen MR) is 196 cm³/mol. The summed E-state index contributed by atoms with van der Waals surface area (Å²) in [4.78, 5) is 25.0. The number of nitrogens with zero attached hydrogens (tertiary/aromatic N) is 5. The molecule has 0 fully saturated rings. The van der Waals surface area contributed by atoms with Crippen LogP contribution in [0.15, 0.2) is 156 Å². The molecule has 0 saturated carbocycles. The van der Waals surface area contributed by atoms with Gasteiger partial charge in [0.05, 0.1) is 17.0 Å². The number of furan rings is 1. The van der Waals surface area contributed by atoms with Crippen molar-refractivity contribution >= 4 is 27.5 Å². The van der Waals surface area contributed by atoms with Crippen LogP contribution in [-0.2, 0) is 0 Å². The van der Waals surface area contributed by atoms with Crippen LogP contribution in [0.2, 0.25) is 0 Å². The van der Waals surface area contributed by atoms with Gasteiger partial charge in [-0.15, -0.1) is 0 Å². The van der Waals surface area contributed by atoms with Crippen LogP contribution in [-0.4, -0.2) is 24.9 Å². The Bertz CT molecular complexity index is 2480. The van der Waals surface area contributed by atoms with Gasteiger partial charge in [0, 0.05) is 38.6 Å². The van der Waals surface area contributed by atoms with Gasteiger partial charge in [-0.05, 0) is 31.0 Å². The number of rotatable bonds is 6. The first kappa shape index (κ1) is 28.7. The molecule has 1 aliphatic carbocycles. The SMILES string of the molecule is C1=CC(c2nc(-c3ccccc3)cc(-c3cccc4oc5c(-c6nc(-c7ccccc7)nc(-c7ccccc7)n6)cccc5c34)n2)=CCC1. The van der Waals surface area contributed by atoms with Crippen LogP contribution in [0.3, 0.4) is 0 Å². The Morgan fingerprint density at radius 2 is 1.08 bits per heavy atom. The van der Waals surface area contributed by atoms with Crippen LogP contribution in [0.25, 0.3) is 84.2 Å².